The van der Waals surface area contributed by atoms with E-state index in [1.807, 2.05) is 0 Å². The molecule has 6 atom stereocenters. The molecule has 52 heavy (non-hydrogen) atoms. The molecule has 0 N–H and O–H groups in total. The molecule has 1 amide bonds. The van der Waals surface area contributed by atoms with Gasteiger partial charge in [-0.05, 0) is 94.8 Å². The van der Waals surface area contributed by atoms with E-state index in [4.69, 9.17) is 0 Å². The predicted octanol–water partition coefficient (Wildman–Crippen LogP) is 8.42. The molecule has 5 fully saturated rings. The van der Waals surface area contributed by atoms with Crippen molar-refractivity contribution in [3.63, 3.8) is 0 Å². The standard InChI is InChI=1S/C43H69NO7S/c1-29(52(50,51)41(2,3)4)43(22-16-13-17-23-43)27-33(45)25-32-19-15-12-10-8-7-9-11-14-18-31(39(48)36(47)24-30-20-21-30)26-35(46)38-37-34(42(37,5)6)28-44(38)40(32)49/h29-32,34,37-38H,7-28H2,1-6H3/t29-,31-,32-,34+,37+,38-/m1/s1. The third kappa shape index (κ3) is 9.13. The van der Waals surface area contributed by atoms with E-state index in [1.54, 1.807) is 32.6 Å². The quantitative estimate of drug-likeness (QED) is 0.206. The topological polar surface area (TPSA) is 123 Å². The van der Waals surface area contributed by atoms with Gasteiger partial charge in [-0.3, -0.25) is 24.0 Å². The van der Waals surface area contributed by atoms with Gasteiger partial charge in [0.2, 0.25) is 11.7 Å². The Labute approximate surface area is 314 Å². The number of Topliss-reactive ketones (excluding diaryl/α,β-unsaturated/α-hetero) is 4. The van der Waals surface area contributed by atoms with Crippen molar-refractivity contribution in [2.45, 2.75) is 192 Å². The fourth-order valence-electron chi connectivity index (χ4n) is 10.5. The van der Waals surface area contributed by atoms with Crippen molar-refractivity contribution in [1.82, 2.24) is 4.90 Å². The van der Waals surface area contributed by atoms with Crippen LogP contribution in [0.1, 0.15) is 176 Å². The molecule has 294 valence electrons. The molecule has 0 aromatic rings. The highest BCUT2D eigenvalue weighted by Gasteiger charge is 2.69. The van der Waals surface area contributed by atoms with Crippen molar-refractivity contribution in [3.05, 3.63) is 0 Å². The van der Waals surface area contributed by atoms with Crippen molar-refractivity contribution in [1.29, 1.82) is 0 Å². The fraction of sp³-hybridized carbons (Fsp3) is 0.884. The molecule has 9 heteroatoms. The lowest BCUT2D eigenvalue weighted by Gasteiger charge is -2.44. The van der Waals surface area contributed by atoms with Crippen molar-refractivity contribution < 1.29 is 32.4 Å². The van der Waals surface area contributed by atoms with Crippen LogP contribution in [-0.2, 0) is 33.8 Å². The molecule has 3 saturated carbocycles. The number of piperidine rings is 1. The largest absolute Gasteiger partial charge is 0.332 e. The second-order valence-electron chi connectivity index (χ2n) is 19.4. The number of rotatable bonds is 10. The van der Waals surface area contributed by atoms with E-state index in [-0.39, 0.29) is 66.2 Å². The molecular formula is C43H69NO7S. The first kappa shape index (κ1) is 41.3. The van der Waals surface area contributed by atoms with Gasteiger partial charge in [0.05, 0.1) is 16.0 Å². The average molecular weight is 744 g/mol. The summed E-state index contributed by atoms with van der Waals surface area (Å²) >= 11 is 0. The van der Waals surface area contributed by atoms with E-state index in [0.717, 1.165) is 83.5 Å². The number of nitrogens with zero attached hydrogens (tertiary/aromatic N) is 1. The number of carbonyl (C=O) groups excluding carboxylic acids is 5. The molecule has 8 nitrogen and oxygen atoms in total. The maximum Gasteiger partial charge on any atom is 0.226 e. The molecule has 3 aliphatic carbocycles. The van der Waals surface area contributed by atoms with Crippen LogP contribution in [0.4, 0.5) is 0 Å². The summed E-state index contributed by atoms with van der Waals surface area (Å²) in [5.74, 6) is -1.74. The first-order valence-corrected chi connectivity index (χ1v) is 22.6. The lowest BCUT2D eigenvalue weighted by molar-refractivity contribution is -0.146. The zero-order valence-electron chi connectivity index (χ0n) is 33.3. The SMILES string of the molecule is C[C@H](C1(CC(=O)C[C@H]2CCCCCCCCCC[C@@H](C(=O)C(=O)CC3CC3)CC(=O)[C@@H]3[C@@H]4[C@H](CN3C2=O)C4(C)C)CCCCC1)S(=O)(=O)C(C)(C)C. The minimum atomic E-state index is -3.53. The summed E-state index contributed by atoms with van der Waals surface area (Å²) in [5, 5.41) is -0.664. The van der Waals surface area contributed by atoms with Crippen molar-refractivity contribution in [2.24, 2.45) is 40.4 Å². The average Bonchev–Trinajstić information content (AvgIpc) is 3.93. The molecule has 0 aromatic heterocycles. The molecule has 2 saturated heterocycles. The summed E-state index contributed by atoms with van der Waals surface area (Å²) in [7, 11) is -3.53. The summed E-state index contributed by atoms with van der Waals surface area (Å²) in [4.78, 5) is 71.6. The zero-order valence-corrected chi connectivity index (χ0v) is 34.1. The Morgan fingerprint density at radius 1 is 0.808 bits per heavy atom. The minimum absolute atomic E-state index is 0.00472. The molecular weight excluding hydrogens is 675 g/mol. The Hall–Kier alpha value is -1.90. The number of amides is 1. The third-order valence-corrected chi connectivity index (χ3v) is 17.5. The number of hydrogen-bond donors (Lipinski definition) is 0. The first-order valence-electron chi connectivity index (χ1n) is 21.1. The maximum atomic E-state index is 14.7. The van der Waals surface area contributed by atoms with E-state index in [9.17, 15) is 32.4 Å². The Morgan fingerprint density at radius 3 is 1.94 bits per heavy atom. The van der Waals surface area contributed by atoms with Gasteiger partial charge in [0.15, 0.2) is 21.4 Å². The van der Waals surface area contributed by atoms with Gasteiger partial charge in [0.1, 0.15) is 5.78 Å². The van der Waals surface area contributed by atoms with Gasteiger partial charge >= 0.3 is 0 Å². The van der Waals surface area contributed by atoms with Gasteiger partial charge in [-0.25, -0.2) is 8.42 Å². The molecule has 5 rings (SSSR count). The van der Waals surface area contributed by atoms with Gasteiger partial charge in [-0.2, -0.15) is 0 Å². The Balaban J connectivity index is 1.38. The highest BCUT2D eigenvalue weighted by molar-refractivity contribution is 7.93. The Kier molecular flexibility index (Phi) is 13.1. The number of carbonyl (C=O) groups is 5. The first-order chi connectivity index (χ1) is 24.4. The summed E-state index contributed by atoms with van der Waals surface area (Å²) in [6.45, 7) is 11.8. The number of ketones is 4. The van der Waals surface area contributed by atoms with E-state index in [0.29, 0.717) is 38.1 Å². The fourth-order valence-corrected chi connectivity index (χ4v) is 12.5. The molecule has 0 spiro atoms. The molecule has 5 aliphatic rings. The van der Waals surface area contributed by atoms with E-state index < -0.39 is 48.9 Å². The van der Waals surface area contributed by atoms with E-state index >= 15 is 0 Å². The lowest BCUT2D eigenvalue weighted by atomic mass is 9.68. The maximum absolute atomic E-state index is 14.7. The van der Waals surface area contributed by atoms with Crippen LogP contribution < -0.4 is 0 Å². The minimum Gasteiger partial charge on any atom is -0.332 e. The van der Waals surface area contributed by atoms with Gasteiger partial charge in [-0.15, -0.1) is 0 Å². The highest BCUT2D eigenvalue weighted by atomic mass is 32.2. The molecule has 0 bridgehead atoms. The Bertz CT molecular complexity index is 1450. The van der Waals surface area contributed by atoms with Crippen LogP contribution in [0.5, 0.6) is 0 Å². The summed E-state index contributed by atoms with van der Waals surface area (Å²) in [6.07, 6.45) is 15.7. The summed E-state index contributed by atoms with van der Waals surface area (Å²) < 4.78 is 26.6. The van der Waals surface area contributed by atoms with Gasteiger partial charge in [0, 0.05) is 44.1 Å². The second kappa shape index (κ2) is 16.5. The number of fused-ring (bicyclic) bond motifs is 3. The smallest absolute Gasteiger partial charge is 0.226 e. The molecule has 0 aromatic carbocycles. The highest BCUT2D eigenvalue weighted by Crippen LogP contribution is 2.65. The molecule has 2 aliphatic heterocycles. The number of hydrogen-bond acceptors (Lipinski definition) is 7. The third-order valence-electron chi connectivity index (χ3n) is 14.3. The lowest BCUT2D eigenvalue weighted by Crippen LogP contribution is -2.49. The second-order valence-corrected chi connectivity index (χ2v) is 22.5. The molecule has 0 unspecified atom stereocenters. The Morgan fingerprint density at radius 2 is 1.37 bits per heavy atom. The van der Waals surface area contributed by atoms with Crippen molar-refractivity contribution in [2.75, 3.05) is 6.54 Å². The molecule has 0 radical (unpaired) electrons. The van der Waals surface area contributed by atoms with Crippen LogP contribution >= 0.6 is 0 Å². The van der Waals surface area contributed by atoms with Gasteiger partial charge in [0.25, 0.3) is 0 Å². The van der Waals surface area contributed by atoms with E-state index in [1.165, 1.54) is 0 Å². The van der Waals surface area contributed by atoms with Crippen molar-refractivity contribution >= 4 is 38.9 Å². The van der Waals surface area contributed by atoms with Crippen LogP contribution in [0.2, 0.25) is 0 Å². The van der Waals surface area contributed by atoms with Gasteiger partial charge in [-0.1, -0.05) is 84.5 Å². The normalized spacial score (nSPS) is 31.2. The van der Waals surface area contributed by atoms with Gasteiger partial charge < -0.3 is 4.90 Å². The summed E-state index contributed by atoms with van der Waals surface area (Å²) in [5.41, 5.74) is -0.734. The van der Waals surface area contributed by atoms with Crippen molar-refractivity contribution in [3.8, 4) is 0 Å². The molecule has 2 heterocycles. The monoisotopic (exact) mass is 743 g/mol. The van der Waals surface area contributed by atoms with Crippen LogP contribution in [-0.4, -0.2) is 64.9 Å². The van der Waals surface area contributed by atoms with Crippen LogP contribution in [0.15, 0.2) is 0 Å². The van der Waals surface area contributed by atoms with Crippen LogP contribution in [0.25, 0.3) is 0 Å². The zero-order chi connectivity index (χ0) is 38.1. The van der Waals surface area contributed by atoms with E-state index in [2.05, 4.69) is 13.8 Å². The summed E-state index contributed by atoms with van der Waals surface area (Å²) in [6, 6.07) is -0.642. The predicted molar refractivity (Wildman–Crippen MR) is 204 cm³/mol. The van der Waals surface area contributed by atoms with Crippen LogP contribution in [0.3, 0.4) is 0 Å². The number of sulfone groups is 1. The van der Waals surface area contributed by atoms with Crippen LogP contribution in [0, 0.1) is 40.4 Å².